The first-order valence-electron chi connectivity index (χ1n) is 6.38. The Hall–Kier alpha value is -2.75. The molecule has 2 N–H and O–H groups in total. The van der Waals surface area contributed by atoms with E-state index in [2.05, 4.69) is 10.6 Å². The number of hydrogen-bond acceptors (Lipinski definition) is 5. The van der Waals surface area contributed by atoms with Crippen molar-refractivity contribution >= 4 is 11.9 Å². The summed E-state index contributed by atoms with van der Waals surface area (Å²) in [5.41, 5.74) is 0.424. The number of benzene rings is 1. The second-order valence-electron chi connectivity index (χ2n) is 4.03. The molecule has 0 saturated carbocycles. The number of carbonyl (C=O) groups is 2. The highest BCUT2D eigenvalue weighted by Crippen LogP contribution is 2.29. The maximum atomic E-state index is 11.7. The fourth-order valence-corrected chi connectivity index (χ4v) is 1.46. The summed E-state index contributed by atoms with van der Waals surface area (Å²) >= 11 is 0. The van der Waals surface area contributed by atoms with Gasteiger partial charge in [-0.1, -0.05) is 0 Å². The van der Waals surface area contributed by atoms with Gasteiger partial charge in [-0.2, -0.15) is 5.26 Å². The summed E-state index contributed by atoms with van der Waals surface area (Å²) in [5, 5.41) is 13.3. The zero-order chi connectivity index (χ0) is 15.8. The average Bonchev–Trinajstić information content (AvgIpc) is 2.48. The van der Waals surface area contributed by atoms with Crippen molar-refractivity contribution in [3.8, 4) is 17.6 Å². The quantitative estimate of drug-likeness (QED) is 0.848. The van der Waals surface area contributed by atoms with Gasteiger partial charge in [0.15, 0.2) is 17.6 Å². The van der Waals surface area contributed by atoms with Crippen LogP contribution in [-0.4, -0.2) is 31.7 Å². The Morgan fingerprint density at radius 1 is 1.38 bits per heavy atom. The average molecular weight is 291 g/mol. The summed E-state index contributed by atoms with van der Waals surface area (Å²) in [4.78, 5) is 22.8. The van der Waals surface area contributed by atoms with E-state index in [1.54, 1.807) is 19.1 Å². The predicted molar refractivity (Wildman–Crippen MR) is 75.0 cm³/mol. The Morgan fingerprint density at radius 2 is 2.10 bits per heavy atom. The molecule has 0 heterocycles. The van der Waals surface area contributed by atoms with Gasteiger partial charge in [0.25, 0.3) is 5.91 Å². The number of carbonyl (C=O) groups excluding carboxylic acids is 2. The van der Waals surface area contributed by atoms with E-state index in [9.17, 15) is 9.59 Å². The molecule has 21 heavy (non-hydrogen) atoms. The van der Waals surface area contributed by atoms with Crippen LogP contribution in [0, 0.1) is 11.3 Å². The van der Waals surface area contributed by atoms with Crippen LogP contribution < -0.4 is 20.1 Å². The molecule has 1 atom stereocenters. The van der Waals surface area contributed by atoms with Gasteiger partial charge in [0.05, 0.1) is 18.2 Å². The van der Waals surface area contributed by atoms with Gasteiger partial charge in [0.2, 0.25) is 0 Å². The maximum Gasteiger partial charge on any atom is 0.321 e. The van der Waals surface area contributed by atoms with Crippen LogP contribution in [0.25, 0.3) is 0 Å². The molecule has 112 valence electrons. The molecule has 3 amide bonds. The fourth-order valence-electron chi connectivity index (χ4n) is 1.46. The molecular weight excluding hydrogens is 274 g/mol. The SMILES string of the molecule is CCOc1cc(C#N)ccc1O[C@@H](C)C(=O)NC(=O)NC. The first-order chi connectivity index (χ1) is 10.0. The van der Waals surface area contributed by atoms with Crippen LogP contribution in [-0.2, 0) is 4.79 Å². The number of nitrogens with one attached hydrogen (secondary N) is 2. The lowest BCUT2D eigenvalue weighted by Crippen LogP contribution is -2.44. The van der Waals surface area contributed by atoms with Gasteiger partial charge < -0.3 is 14.8 Å². The van der Waals surface area contributed by atoms with E-state index < -0.39 is 18.0 Å². The Kier molecular flexibility index (Phi) is 6.01. The van der Waals surface area contributed by atoms with Crippen LogP contribution in [0.5, 0.6) is 11.5 Å². The molecule has 0 fully saturated rings. The number of rotatable bonds is 5. The zero-order valence-electron chi connectivity index (χ0n) is 12.1. The second-order valence-corrected chi connectivity index (χ2v) is 4.03. The van der Waals surface area contributed by atoms with E-state index in [0.717, 1.165) is 0 Å². The molecule has 7 heteroatoms. The molecule has 0 aliphatic carbocycles. The lowest BCUT2D eigenvalue weighted by Gasteiger charge is -2.16. The van der Waals surface area contributed by atoms with E-state index in [1.807, 2.05) is 6.07 Å². The number of ether oxygens (including phenoxy) is 2. The third kappa shape index (κ3) is 4.69. The van der Waals surface area contributed by atoms with Crippen LogP contribution in [0.3, 0.4) is 0 Å². The molecule has 0 spiro atoms. The van der Waals surface area contributed by atoms with Gasteiger partial charge in [-0.15, -0.1) is 0 Å². The lowest BCUT2D eigenvalue weighted by atomic mass is 10.2. The van der Waals surface area contributed by atoms with Crippen molar-refractivity contribution in [2.75, 3.05) is 13.7 Å². The smallest absolute Gasteiger partial charge is 0.321 e. The molecule has 0 aliphatic heterocycles. The molecule has 0 bridgehead atoms. The maximum absolute atomic E-state index is 11.7. The number of nitriles is 1. The summed E-state index contributed by atoms with van der Waals surface area (Å²) < 4.78 is 10.9. The molecule has 7 nitrogen and oxygen atoms in total. The highest BCUT2D eigenvalue weighted by atomic mass is 16.5. The van der Waals surface area contributed by atoms with E-state index in [1.165, 1.54) is 20.0 Å². The van der Waals surface area contributed by atoms with Crippen LogP contribution in [0.15, 0.2) is 18.2 Å². The minimum atomic E-state index is -0.894. The van der Waals surface area contributed by atoms with E-state index in [-0.39, 0.29) is 0 Å². The van der Waals surface area contributed by atoms with Crippen molar-refractivity contribution in [1.82, 2.24) is 10.6 Å². The first kappa shape index (κ1) is 16.3. The lowest BCUT2D eigenvalue weighted by molar-refractivity contribution is -0.126. The van der Waals surface area contributed by atoms with Gasteiger partial charge in [0, 0.05) is 13.1 Å². The molecule has 0 saturated heterocycles. The number of nitrogens with zero attached hydrogens (tertiary/aromatic N) is 1. The Balaban J connectivity index is 2.84. The van der Waals surface area contributed by atoms with Gasteiger partial charge in [0.1, 0.15) is 0 Å². The third-order valence-corrected chi connectivity index (χ3v) is 2.51. The Bertz CT molecular complexity index is 566. The van der Waals surface area contributed by atoms with Crippen LogP contribution >= 0.6 is 0 Å². The van der Waals surface area contributed by atoms with Crippen molar-refractivity contribution < 1.29 is 19.1 Å². The highest BCUT2D eigenvalue weighted by Gasteiger charge is 2.19. The normalized spacial score (nSPS) is 11.0. The zero-order valence-corrected chi connectivity index (χ0v) is 12.1. The van der Waals surface area contributed by atoms with Gasteiger partial charge >= 0.3 is 6.03 Å². The van der Waals surface area contributed by atoms with Crippen molar-refractivity contribution in [1.29, 1.82) is 5.26 Å². The summed E-state index contributed by atoms with van der Waals surface area (Å²) in [6.45, 7) is 3.70. The standard InChI is InChI=1S/C14H17N3O4/c1-4-20-12-7-10(8-15)5-6-11(12)21-9(2)13(18)17-14(19)16-3/h5-7,9H,4H2,1-3H3,(H2,16,17,18,19)/t9-/m0/s1. The van der Waals surface area contributed by atoms with Crippen molar-refractivity contribution in [2.45, 2.75) is 20.0 Å². The molecule has 0 aliphatic rings. The summed E-state index contributed by atoms with van der Waals surface area (Å²) in [6.07, 6.45) is -0.894. The van der Waals surface area contributed by atoms with Gasteiger partial charge in [-0.05, 0) is 26.0 Å². The topological polar surface area (TPSA) is 100 Å². The summed E-state index contributed by atoms with van der Waals surface area (Å²) in [6, 6.07) is 6.02. The molecular formula is C14H17N3O4. The van der Waals surface area contributed by atoms with E-state index >= 15 is 0 Å². The van der Waals surface area contributed by atoms with Crippen LogP contribution in [0.2, 0.25) is 0 Å². The molecule has 0 unspecified atom stereocenters. The van der Waals surface area contributed by atoms with Crippen molar-refractivity contribution in [3.63, 3.8) is 0 Å². The third-order valence-electron chi connectivity index (χ3n) is 2.51. The van der Waals surface area contributed by atoms with Gasteiger partial charge in [-0.25, -0.2) is 4.79 Å². The number of imide groups is 1. The first-order valence-corrected chi connectivity index (χ1v) is 6.38. The molecule has 1 rings (SSSR count). The molecule has 1 aromatic rings. The Labute approximate surface area is 122 Å². The summed E-state index contributed by atoms with van der Waals surface area (Å²) in [5.74, 6) is 0.118. The second kappa shape index (κ2) is 7.75. The largest absolute Gasteiger partial charge is 0.490 e. The van der Waals surface area contributed by atoms with Crippen molar-refractivity contribution in [3.05, 3.63) is 23.8 Å². The minimum Gasteiger partial charge on any atom is -0.490 e. The number of amides is 3. The van der Waals surface area contributed by atoms with Crippen LogP contribution in [0.1, 0.15) is 19.4 Å². The predicted octanol–water partition coefficient (Wildman–Crippen LogP) is 1.18. The number of hydrogen-bond donors (Lipinski definition) is 2. The Morgan fingerprint density at radius 3 is 2.67 bits per heavy atom. The van der Waals surface area contributed by atoms with Crippen LogP contribution in [0.4, 0.5) is 4.79 Å². The number of urea groups is 1. The van der Waals surface area contributed by atoms with Crippen molar-refractivity contribution in [2.24, 2.45) is 0 Å². The fraction of sp³-hybridized carbons (Fsp3) is 0.357. The minimum absolute atomic E-state index is 0.329. The summed E-state index contributed by atoms with van der Waals surface area (Å²) in [7, 11) is 1.40. The highest BCUT2D eigenvalue weighted by molar-refractivity contribution is 5.96. The molecule has 0 aromatic heterocycles. The molecule has 1 aromatic carbocycles. The van der Waals surface area contributed by atoms with Gasteiger partial charge in [-0.3, -0.25) is 10.1 Å². The van der Waals surface area contributed by atoms with E-state index in [0.29, 0.717) is 23.7 Å². The van der Waals surface area contributed by atoms with E-state index in [4.69, 9.17) is 14.7 Å². The molecule has 0 radical (unpaired) electrons. The monoisotopic (exact) mass is 291 g/mol.